The highest BCUT2D eigenvalue weighted by molar-refractivity contribution is 7.98. The van der Waals surface area contributed by atoms with Crippen LogP contribution < -0.4 is 5.32 Å². The molecule has 0 bridgehead atoms. The molecule has 0 saturated heterocycles. The molecule has 0 aliphatic carbocycles. The third-order valence-electron chi connectivity index (χ3n) is 3.61. The molecule has 1 heterocycles. The molecule has 5 nitrogen and oxygen atoms in total. The van der Waals surface area contributed by atoms with E-state index in [0.717, 1.165) is 17.1 Å². The summed E-state index contributed by atoms with van der Waals surface area (Å²) in [6, 6.07) is 9.95. The number of nitrogens with one attached hydrogen (secondary N) is 1. The molecular formula is C18H22N2O3S. The molecule has 1 amide bonds. The number of hydrogen-bond acceptors (Lipinski definition) is 5. The van der Waals surface area contributed by atoms with Crippen molar-refractivity contribution in [2.45, 2.75) is 24.8 Å². The molecular weight excluding hydrogens is 324 g/mol. The lowest BCUT2D eigenvalue weighted by molar-refractivity contribution is 0.0702. The topological polar surface area (TPSA) is 82.5 Å². The minimum absolute atomic E-state index is 0.327. The van der Waals surface area contributed by atoms with Gasteiger partial charge in [-0.1, -0.05) is 25.1 Å². The third-order valence-corrected chi connectivity index (χ3v) is 4.55. The molecule has 1 aromatic heterocycles. The molecule has 0 unspecified atom stereocenters. The Hall–Kier alpha value is -1.89. The van der Waals surface area contributed by atoms with Crippen LogP contribution in [0, 0.1) is 0 Å². The number of pyridine rings is 1. The molecule has 6 heteroatoms. The van der Waals surface area contributed by atoms with Crippen LogP contribution in [0.3, 0.4) is 0 Å². The fraction of sp³-hybridized carbons (Fsp3) is 0.333. The Morgan fingerprint density at radius 3 is 2.62 bits per heavy atom. The number of amides is 1. The van der Waals surface area contributed by atoms with E-state index in [-0.39, 0.29) is 12.5 Å². The summed E-state index contributed by atoms with van der Waals surface area (Å²) in [6.45, 7) is 1.74. The van der Waals surface area contributed by atoms with Crippen LogP contribution in [-0.2, 0) is 5.75 Å². The molecule has 128 valence electrons. The lowest BCUT2D eigenvalue weighted by Gasteiger charge is -2.22. The number of hydrogen-bond donors (Lipinski definition) is 3. The Kier molecular flexibility index (Phi) is 7.24. The van der Waals surface area contributed by atoms with E-state index in [1.165, 1.54) is 6.20 Å². The van der Waals surface area contributed by atoms with Crippen LogP contribution >= 0.6 is 11.8 Å². The average molecular weight is 346 g/mol. The molecule has 0 fully saturated rings. The molecule has 1 aromatic carbocycles. The van der Waals surface area contributed by atoms with Gasteiger partial charge in [-0.25, -0.2) is 0 Å². The van der Waals surface area contributed by atoms with Gasteiger partial charge < -0.3 is 15.5 Å². The first-order chi connectivity index (χ1) is 11.7. The van der Waals surface area contributed by atoms with E-state index in [9.17, 15) is 15.0 Å². The van der Waals surface area contributed by atoms with Gasteiger partial charge >= 0.3 is 0 Å². The van der Waals surface area contributed by atoms with E-state index in [0.29, 0.717) is 11.1 Å². The Morgan fingerprint density at radius 2 is 2.04 bits per heavy atom. The minimum atomic E-state index is -1.02. The monoisotopic (exact) mass is 346 g/mol. The highest BCUT2D eigenvalue weighted by atomic mass is 32.2. The lowest BCUT2D eigenvalue weighted by atomic mass is 10.0. The molecule has 2 atom stereocenters. The Labute approximate surface area is 146 Å². The second kappa shape index (κ2) is 9.42. The van der Waals surface area contributed by atoms with E-state index in [2.05, 4.69) is 17.2 Å². The predicted molar refractivity (Wildman–Crippen MR) is 95.8 cm³/mol. The minimum Gasteiger partial charge on any atom is -0.394 e. The van der Waals surface area contributed by atoms with Crippen molar-refractivity contribution in [3.63, 3.8) is 0 Å². The van der Waals surface area contributed by atoms with Crippen LogP contribution in [0.25, 0.3) is 0 Å². The van der Waals surface area contributed by atoms with Crippen molar-refractivity contribution in [1.82, 2.24) is 10.3 Å². The molecule has 0 radical (unpaired) electrons. The third kappa shape index (κ3) is 5.06. The zero-order chi connectivity index (χ0) is 17.4. The van der Waals surface area contributed by atoms with Crippen LogP contribution in [0.4, 0.5) is 0 Å². The van der Waals surface area contributed by atoms with Gasteiger partial charge in [0.2, 0.25) is 0 Å². The summed E-state index contributed by atoms with van der Waals surface area (Å²) >= 11 is 1.82. The molecule has 3 N–H and O–H groups in total. The Balaban J connectivity index is 2.01. The number of carbonyl (C=O) groups excluding carboxylic acids is 1. The van der Waals surface area contributed by atoms with Gasteiger partial charge in [0.05, 0.1) is 12.6 Å². The summed E-state index contributed by atoms with van der Waals surface area (Å²) in [5, 5.41) is 22.5. The summed E-state index contributed by atoms with van der Waals surface area (Å²) in [5.74, 6) is 1.64. The fourth-order valence-corrected chi connectivity index (χ4v) is 2.86. The second-order valence-electron chi connectivity index (χ2n) is 5.33. The van der Waals surface area contributed by atoms with Gasteiger partial charge in [0.25, 0.3) is 5.91 Å². The number of aromatic nitrogens is 1. The zero-order valence-electron chi connectivity index (χ0n) is 13.6. The normalized spacial score (nSPS) is 13.3. The maximum absolute atomic E-state index is 12.3. The molecule has 2 aromatic rings. The maximum atomic E-state index is 12.3. The van der Waals surface area contributed by atoms with Crippen LogP contribution in [0.5, 0.6) is 0 Å². The summed E-state index contributed by atoms with van der Waals surface area (Å²) in [7, 11) is 0. The number of aliphatic hydroxyl groups is 2. The predicted octanol–water partition coefficient (Wildman–Crippen LogP) is 2.16. The molecule has 0 spiro atoms. The lowest BCUT2D eigenvalue weighted by Crippen LogP contribution is -2.42. The number of benzene rings is 1. The van der Waals surface area contributed by atoms with Crippen molar-refractivity contribution >= 4 is 17.7 Å². The summed E-state index contributed by atoms with van der Waals surface area (Å²) in [4.78, 5) is 16.3. The van der Waals surface area contributed by atoms with E-state index >= 15 is 0 Å². The number of aliphatic hydroxyl groups excluding tert-OH is 2. The van der Waals surface area contributed by atoms with Gasteiger partial charge in [0.1, 0.15) is 6.10 Å². The fourth-order valence-electron chi connectivity index (χ4n) is 2.23. The number of nitrogens with zero attached hydrogens (tertiary/aromatic N) is 1. The van der Waals surface area contributed by atoms with Gasteiger partial charge in [0.15, 0.2) is 0 Å². The molecule has 0 aliphatic heterocycles. The Morgan fingerprint density at radius 1 is 1.29 bits per heavy atom. The van der Waals surface area contributed by atoms with Crippen molar-refractivity contribution in [3.05, 3.63) is 65.5 Å². The van der Waals surface area contributed by atoms with Gasteiger partial charge in [-0.05, 0) is 29.5 Å². The summed E-state index contributed by atoms with van der Waals surface area (Å²) < 4.78 is 0. The smallest absolute Gasteiger partial charge is 0.251 e. The van der Waals surface area contributed by atoms with E-state index < -0.39 is 12.1 Å². The highest BCUT2D eigenvalue weighted by Crippen LogP contribution is 2.17. The summed E-state index contributed by atoms with van der Waals surface area (Å²) in [5.41, 5.74) is 2.20. The number of thioether (sulfide) groups is 1. The largest absolute Gasteiger partial charge is 0.394 e. The van der Waals surface area contributed by atoms with Crippen molar-refractivity contribution < 1.29 is 15.0 Å². The zero-order valence-corrected chi connectivity index (χ0v) is 14.4. The first-order valence-corrected chi connectivity index (χ1v) is 8.97. The van der Waals surface area contributed by atoms with Gasteiger partial charge in [-0.15, -0.1) is 0 Å². The van der Waals surface area contributed by atoms with Crippen molar-refractivity contribution in [2.75, 3.05) is 12.4 Å². The summed E-state index contributed by atoms with van der Waals surface area (Å²) in [6.07, 6.45) is 2.09. The second-order valence-corrected chi connectivity index (χ2v) is 6.60. The van der Waals surface area contributed by atoms with Crippen LogP contribution in [-0.4, -0.2) is 39.5 Å². The Bertz CT molecular complexity index is 634. The van der Waals surface area contributed by atoms with Gasteiger partial charge in [-0.2, -0.15) is 11.8 Å². The molecule has 0 saturated carbocycles. The number of rotatable bonds is 8. The van der Waals surface area contributed by atoms with Crippen molar-refractivity contribution in [1.29, 1.82) is 0 Å². The standard InChI is InChI=1S/C18H22N2O3S/c1-2-24-12-13-5-7-14(8-6-13)18(23)20-16(11-21)17(22)15-4-3-9-19-10-15/h3-10,16-17,21-22H,2,11-12H2,1H3,(H,20,23)/t16-,17-/m0/s1. The van der Waals surface area contributed by atoms with Crippen LogP contribution in [0.2, 0.25) is 0 Å². The first kappa shape index (κ1) is 18.4. The van der Waals surface area contributed by atoms with E-state index in [1.54, 1.807) is 30.5 Å². The van der Waals surface area contributed by atoms with Gasteiger partial charge in [-0.3, -0.25) is 9.78 Å². The maximum Gasteiger partial charge on any atom is 0.251 e. The molecule has 0 aliphatic rings. The van der Waals surface area contributed by atoms with Crippen molar-refractivity contribution in [3.8, 4) is 0 Å². The average Bonchev–Trinajstić information content (AvgIpc) is 2.64. The molecule has 2 rings (SSSR count). The van der Waals surface area contributed by atoms with Crippen molar-refractivity contribution in [2.24, 2.45) is 0 Å². The highest BCUT2D eigenvalue weighted by Gasteiger charge is 2.22. The van der Waals surface area contributed by atoms with Gasteiger partial charge in [0, 0.05) is 29.3 Å². The number of carbonyl (C=O) groups is 1. The SMILES string of the molecule is CCSCc1ccc(C(=O)N[C@@H](CO)[C@@H](O)c2cccnc2)cc1. The van der Waals surface area contributed by atoms with Crippen LogP contribution in [0.15, 0.2) is 48.8 Å². The van der Waals surface area contributed by atoms with E-state index in [1.807, 2.05) is 23.9 Å². The van der Waals surface area contributed by atoms with E-state index in [4.69, 9.17) is 0 Å². The first-order valence-electron chi connectivity index (χ1n) is 7.82. The van der Waals surface area contributed by atoms with Crippen LogP contribution in [0.1, 0.15) is 34.5 Å². The quantitative estimate of drug-likeness (QED) is 0.682. The molecule has 24 heavy (non-hydrogen) atoms.